The smallest absolute Gasteiger partial charge is 0.226 e. The molecule has 0 amide bonds. The van der Waals surface area contributed by atoms with Crippen molar-refractivity contribution in [3.05, 3.63) is 41.6 Å². The summed E-state index contributed by atoms with van der Waals surface area (Å²) in [7, 11) is 0. The minimum absolute atomic E-state index is 0.560. The fraction of sp³-hybridized carbons (Fsp3) is 0.368. The van der Waals surface area contributed by atoms with Gasteiger partial charge in [0.05, 0.1) is 11.4 Å². The number of para-hydroxylation sites is 1. The van der Waals surface area contributed by atoms with E-state index in [1.165, 1.54) is 35.0 Å². The van der Waals surface area contributed by atoms with E-state index >= 15 is 0 Å². The lowest BCUT2D eigenvalue weighted by molar-refractivity contribution is 0.470. The highest BCUT2D eigenvalue weighted by molar-refractivity contribution is 5.86. The second-order valence-corrected chi connectivity index (χ2v) is 6.75. The Labute approximate surface area is 135 Å². The van der Waals surface area contributed by atoms with Gasteiger partial charge >= 0.3 is 0 Å². The molecule has 4 nitrogen and oxygen atoms in total. The lowest BCUT2D eigenvalue weighted by Gasteiger charge is -2.39. The van der Waals surface area contributed by atoms with Gasteiger partial charge in [0.2, 0.25) is 5.95 Å². The Balaban J connectivity index is 1.68. The van der Waals surface area contributed by atoms with Crippen LogP contribution in [0.15, 0.2) is 30.3 Å². The van der Waals surface area contributed by atoms with E-state index < -0.39 is 0 Å². The van der Waals surface area contributed by atoms with Crippen molar-refractivity contribution >= 4 is 16.9 Å². The monoisotopic (exact) mass is 304 g/mol. The van der Waals surface area contributed by atoms with Crippen molar-refractivity contribution in [2.75, 3.05) is 11.4 Å². The van der Waals surface area contributed by atoms with Gasteiger partial charge in [0.1, 0.15) is 0 Å². The largest absolute Gasteiger partial charge is 0.353 e. The maximum atomic E-state index is 4.97. The molecule has 2 aliphatic rings. The number of nitrogens with one attached hydrogen (secondary N) is 1. The first-order valence-electron chi connectivity index (χ1n) is 8.54. The van der Waals surface area contributed by atoms with E-state index in [4.69, 9.17) is 9.97 Å². The minimum atomic E-state index is 0.560. The Morgan fingerprint density at radius 3 is 2.87 bits per heavy atom. The van der Waals surface area contributed by atoms with Crippen molar-refractivity contribution in [2.24, 2.45) is 0 Å². The third-order valence-corrected chi connectivity index (χ3v) is 5.28. The van der Waals surface area contributed by atoms with Gasteiger partial charge in [-0.3, -0.25) is 0 Å². The molecule has 1 aliphatic carbocycles. The van der Waals surface area contributed by atoms with E-state index in [9.17, 15) is 0 Å². The third-order valence-electron chi connectivity index (χ3n) is 5.28. The van der Waals surface area contributed by atoms with Crippen LogP contribution in [0.5, 0.6) is 0 Å². The predicted octanol–water partition coefficient (Wildman–Crippen LogP) is 3.71. The molecule has 0 unspecified atom stereocenters. The van der Waals surface area contributed by atoms with Crippen LogP contribution in [0.25, 0.3) is 22.3 Å². The zero-order chi connectivity index (χ0) is 15.4. The molecule has 1 aliphatic heterocycles. The summed E-state index contributed by atoms with van der Waals surface area (Å²) >= 11 is 0. The van der Waals surface area contributed by atoms with E-state index in [0.29, 0.717) is 6.04 Å². The molecule has 1 aromatic carbocycles. The first-order chi connectivity index (χ1) is 11.3. The van der Waals surface area contributed by atoms with Crippen molar-refractivity contribution in [3.63, 3.8) is 0 Å². The van der Waals surface area contributed by atoms with Crippen molar-refractivity contribution in [1.82, 2.24) is 15.0 Å². The molecule has 23 heavy (non-hydrogen) atoms. The highest BCUT2D eigenvalue weighted by atomic mass is 15.3. The Kier molecular flexibility index (Phi) is 2.75. The van der Waals surface area contributed by atoms with Gasteiger partial charge in [-0.15, -0.1) is 0 Å². The van der Waals surface area contributed by atoms with E-state index in [1.807, 2.05) is 0 Å². The molecule has 1 fully saturated rings. The molecule has 0 bridgehead atoms. The molecule has 0 radical (unpaired) electrons. The van der Waals surface area contributed by atoms with Gasteiger partial charge < -0.3 is 9.88 Å². The number of hydrogen-bond acceptors (Lipinski definition) is 3. The summed E-state index contributed by atoms with van der Waals surface area (Å²) in [6.45, 7) is 3.33. The van der Waals surface area contributed by atoms with Crippen molar-refractivity contribution < 1.29 is 0 Å². The van der Waals surface area contributed by atoms with E-state index in [0.717, 1.165) is 36.7 Å². The van der Waals surface area contributed by atoms with Gasteiger partial charge in [0, 0.05) is 34.7 Å². The molecule has 116 valence electrons. The van der Waals surface area contributed by atoms with Gasteiger partial charge in [-0.25, -0.2) is 9.97 Å². The summed E-state index contributed by atoms with van der Waals surface area (Å²) in [6, 6.07) is 11.2. The Morgan fingerprint density at radius 2 is 2.09 bits per heavy atom. The molecule has 3 heterocycles. The van der Waals surface area contributed by atoms with Crippen LogP contribution in [-0.2, 0) is 12.8 Å². The van der Waals surface area contributed by atoms with Crippen LogP contribution in [0, 0.1) is 0 Å². The van der Waals surface area contributed by atoms with Crippen LogP contribution >= 0.6 is 0 Å². The first-order valence-corrected chi connectivity index (χ1v) is 8.54. The molecule has 1 atom stereocenters. The fourth-order valence-corrected chi connectivity index (χ4v) is 3.79. The molecule has 1 N–H and O–H groups in total. The van der Waals surface area contributed by atoms with Crippen LogP contribution in [0.2, 0.25) is 0 Å². The fourth-order valence-electron chi connectivity index (χ4n) is 3.79. The normalized spacial score (nSPS) is 19.9. The third kappa shape index (κ3) is 1.97. The summed E-state index contributed by atoms with van der Waals surface area (Å²) in [6.07, 6.45) is 4.61. The highest BCUT2D eigenvalue weighted by Gasteiger charge is 2.29. The molecule has 3 aromatic rings. The lowest BCUT2D eigenvalue weighted by Crippen LogP contribution is -2.46. The molecule has 0 spiro atoms. The Morgan fingerprint density at radius 1 is 1.17 bits per heavy atom. The first kappa shape index (κ1) is 13.1. The zero-order valence-electron chi connectivity index (χ0n) is 13.3. The van der Waals surface area contributed by atoms with E-state index in [2.05, 4.69) is 47.1 Å². The van der Waals surface area contributed by atoms with Gasteiger partial charge in [-0.1, -0.05) is 18.2 Å². The lowest BCUT2D eigenvalue weighted by atomic mass is 10.1. The summed E-state index contributed by atoms with van der Waals surface area (Å²) in [5.41, 5.74) is 6.00. The number of aryl methyl sites for hydroxylation is 1. The Bertz CT molecular complexity index is 863. The van der Waals surface area contributed by atoms with Crippen molar-refractivity contribution in [2.45, 2.75) is 38.6 Å². The average Bonchev–Trinajstić information content (AvgIpc) is 3.18. The van der Waals surface area contributed by atoms with Crippen LogP contribution < -0.4 is 4.90 Å². The molecular weight excluding hydrogens is 284 g/mol. The predicted molar refractivity (Wildman–Crippen MR) is 92.8 cm³/mol. The average molecular weight is 304 g/mol. The number of aromatic amines is 1. The minimum Gasteiger partial charge on any atom is -0.353 e. The van der Waals surface area contributed by atoms with Crippen LogP contribution in [-0.4, -0.2) is 27.5 Å². The molecular formula is C19H20N4. The molecule has 5 rings (SSSR count). The number of hydrogen-bond donors (Lipinski definition) is 1. The number of H-pyrrole nitrogens is 1. The highest BCUT2D eigenvalue weighted by Crippen LogP contribution is 2.34. The molecule has 1 saturated heterocycles. The summed E-state index contributed by atoms with van der Waals surface area (Å²) in [5, 5.41) is 1.24. The topological polar surface area (TPSA) is 44.8 Å². The number of fused-ring (bicyclic) bond motifs is 2. The van der Waals surface area contributed by atoms with E-state index in [-0.39, 0.29) is 0 Å². The zero-order valence-corrected chi connectivity index (χ0v) is 13.3. The summed E-state index contributed by atoms with van der Waals surface area (Å²) in [5.74, 6) is 0.915. The van der Waals surface area contributed by atoms with Gasteiger partial charge in [0.15, 0.2) is 0 Å². The number of benzene rings is 1. The number of anilines is 1. The maximum absolute atomic E-state index is 4.97. The van der Waals surface area contributed by atoms with Crippen molar-refractivity contribution in [1.29, 1.82) is 0 Å². The summed E-state index contributed by atoms with van der Waals surface area (Å²) in [4.78, 5) is 15.7. The molecule has 0 saturated carbocycles. The second kappa shape index (κ2) is 4.82. The number of aromatic nitrogens is 3. The van der Waals surface area contributed by atoms with Crippen LogP contribution in [0.3, 0.4) is 0 Å². The quantitative estimate of drug-likeness (QED) is 0.785. The SMILES string of the molecule is C[C@H]1CCN1c1nc2c(c(-c3cc4ccccc4[nH]3)n1)CCC2. The van der Waals surface area contributed by atoms with Gasteiger partial charge in [0.25, 0.3) is 0 Å². The van der Waals surface area contributed by atoms with Crippen LogP contribution in [0.1, 0.15) is 31.0 Å². The van der Waals surface area contributed by atoms with Gasteiger partial charge in [-0.05, 0) is 44.7 Å². The Hall–Kier alpha value is -2.36. The standard InChI is InChI=1S/C19H20N4/c1-12-9-10-23(12)19-21-16-8-4-6-14(16)18(22-19)17-11-13-5-2-3-7-15(13)20-17/h2-3,5,7,11-12,20H,4,6,8-10H2,1H3/t12-/m0/s1. The molecule has 2 aromatic heterocycles. The number of rotatable bonds is 2. The van der Waals surface area contributed by atoms with Crippen LogP contribution in [0.4, 0.5) is 5.95 Å². The molecule has 4 heteroatoms. The number of nitrogens with zero attached hydrogens (tertiary/aromatic N) is 3. The second-order valence-electron chi connectivity index (χ2n) is 6.75. The maximum Gasteiger partial charge on any atom is 0.226 e. The van der Waals surface area contributed by atoms with Crippen molar-refractivity contribution in [3.8, 4) is 11.4 Å². The van der Waals surface area contributed by atoms with Gasteiger partial charge in [-0.2, -0.15) is 0 Å². The summed E-state index contributed by atoms with van der Waals surface area (Å²) < 4.78 is 0. The van der Waals surface area contributed by atoms with E-state index in [1.54, 1.807) is 0 Å².